The van der Waals surface area contributed by atoms with Crippen LogP contribution in [0.25, 0.3) is 6.08 Å². The van der Waals surface area contributed by atoms with Crippen molar-refractivity contribution in [3.63, 3.8) is 0 Å². The fraction of sp³-hybridized carbons (Fsp3) is 0.250. The maximum Gasteiger partial charge on any atom is 0.326 e. The Balaban J connectivity index is 1.71. The van der Waals surface area contributed by atoms with Gasteiger partial charge in [-0.1, -0.05) is 17.7 Å². The average molecular weight is 598 g/mol. The summed E-state index contributed by atoms with van der Waals surface area (Å²) >= 11 is 10.2. The number of rotatable bonds is 9. The largest absolute Gasteiger partial charge is 0.493 e. The van der Waals surface area contributed by atoms with Crippen LogP contribution in [-0.4, -0.2) is 54.8 Å². The second-order valence-electron chi connectivity index (χ2n) is 7.41. The van der Waals surface area contributed by atoms with Crippen LogP contribution in [0.15, 0.2) is 39.7 Å². The van der Waals surface area contributed by atoms with Crippen LogP contribution in [0.4, 0.5) is 10.5 Å². The van der Waals surface area contributed by atoms with E-state index in [4.69, 9.17) is 25.8 Å². The van der Waals surface area contributed by atoms with Crippen molar-refractivity contribution in [2.45, 2.75) is 13.8 Å². The molecule has 36 heavy (non-hydrogen) atoms. The van der Waals surface area contributed by atoms with Gasteiger partial charge in [-0.15, -0.1) is 0 Å². The number of methoxy groups -OCH3 is 1. The lowest BCUT2D eigenvalue weighted by molar-refractivity contribution is -0.146. The third kappa shape index (κ3) is 6.80. The van der Waals surface area contributed by atoms with E-state index < -0.39 is 29.6 Å². The molecule has 1 saturated heterocycles. The van der Waals surface area contributed by atoms with E-state index in [1.54, 1.807) is 37.3 Å². The summed E-state index contributed by atoms with van der Waals surface area (Å²) in [4.78, 5) is 49.8. The molecule has 3 amide bonds. The smallest absolute Gasteiger partial charge is 0.326 e. The van der Waals surface area contributed by atoms with Crippen molar-refractivity contribution in [2.24, 2.45) is 0 Å². The molecule has 2 aromatic rings. The lowest BCUT2D eigenvalue weighted by Gasteiger charge is -2.14. The molecule has 12 heteroatoms. The van der Waals surface area contributed by atoms with E-state index in [2.05, 4.69) is 21.2 Å². The summed E-state index contributed by atoms with van der Waals surface area (Å²) < 4.78 is 16.3. The lowest BCUT2D eigenvalue weighted by Crippen LogP contribution is -2.34. The summed E-state index contributed by atoms with van der Waals surface area (Å²) in [5.74, 6) is -1.08. The van der Waals surface area contributed by atoms with Crippen LogP contribution in [0.3, 0.4) is 0 Å². The van der Waals surface area contributed by atoms with E-state index >= 15 is 0 Å². The minimum atomic E-state index is -0.665. The number of benzene rings is 2. The first-order valence-corrected chi connectivity index (χ1v) is 12.6. The molecule has 1 aliphatic rings. The minimum absolute atomic E-state index is 0.142. The molecule has 3 rings (SSSR count). The first kappa shape index (κ1) is 27.6. The summed E-state index contributed by atoms with van der Waals surface area (Å²) in [6.45, 7) is 2.89. The second-order valence-corrected chi connectivity index (χ2v) is 9.66. The number of aryl methyl sites for hydroxylation is 1. The van der Waals surface area contributed by atoms with Crippen LogP contribution in [0.2, 0.25) is 5.02 Å². The number of carbonyl (C=O) groups is 4. The first-order valence-electron chi connectivity index (χ1n) is 10.6. The number of imide groups is 1. The number of nitrogens with zero attached hydrogens (tertiary/aromatic N) is 1. The van der Waals surface area contributed by atoms with Crippen molar-refractivity contribution in [1.82, 2.24) is 4.90 Å². The lowest BCUT2D eigenvalue weighted by atomic mass is 10.2. The predicted octanol–water partition coefficient (Wildman–Crippen LogP) is 5.04. The second kappa shape index (κ2) is 12.3. The molecule has 1 N–H and O–H groups in total. The number of esters is 1. The highest BCUT2D eigenvalue weighted by molar-refractivity contribution is 9.10. The van der Waals surface area contributed by atoms with E-state index in [1.807, 2.05) is 6.92 Å². The molecule has 2 aromatic carbocycles. The van der Waals surface area contributed by atoms with Crippen molar-refractivity contribution in [3.8, 4) is 11.5 Å². The van der Waals surface area contributed by atoms with Gasteiger partial charge in [0.25, 0.3) is 17.1 Å². The molecular weight excluding hydrogens is 576 g/mol. The molecule has 0 atom stereocenters. The van der Waals surface area contributed by atoms with E-state index in [0.29, 0.717) is 26.5 Å². The van der Waals surface area contributed by atoms with E-state index in [-0.39, 0.29) is 23.9 Å². The van der Waals surface area contributed by atoms with Gasteiger partial charge < -0.3 is 19.5 Å². The van der Waals surface area contributed by atoms with Crippen molar-refractivity contribution >= 4 is 74.1 Å². The molecule has 1 heterocycles. The van der Waals surface area contributed by atoms with Crippen molar-refractivity contribution in [2.75, 3.05) is 32.2 Å². The molecule has 1 fully saturated rings. The normalized spacial score (nSPS) is 14.2. The molecule has 0 saturated carbocycles. The Hall–Kier alpha value is -3.02. The SMILES string of the molecule is CCOC(=O)CN1C(=O)S/C(=C\c2cc(Br)c(OCC(=O)Nc3ccc(C)c(Cl)c3)c(OC)c2)C1=O. The molecule has 0 bridgehead atoms. The van der Waals surface area contributed by atoms with E-state index in [0.717, 1.165) is 22.2 Å². The zero-order valence-electron chi connectivity index (χ0n) is 19.6. The van der Waals surface area contributed by atoms with Gasteiger partial charge in [0.1, 0.15) is 6.54 Å². The Kier molecular flexibility index (Phi) is 9.41. The van der Waals surface area contributed by atoms with Gasteiger partial charge in [0.2, 0.25) is 0 Å². The standard InChI is InChI=1S/C24H22BrClN2O7S/c1-4-34-21(30)11-28-23(31)19(36-24(28)32)9-14-7-16(25)22(18(8-14)33-3)35-12-20(29)27-15-6-5-13(2)17(26)10-15/h5-10H,4,11-12H2,1-3H3,(H,27,29)/b19-9-. The fourth-order valence-corrected chi connectivity index (χ4v) is 4.69. The topological polar surface area (TPSA) is 111 Å². The van der Waals surface area contributed by atoms with Gasteiger partial charge in [0.05, 0.1) is 23.1 Å². The van der Waals surface area contributed by atoms with Crippen LogP contribution in [0, 0.1) is 6.92 Å². The Morgan fingerprint density at radius 3 is 2.64 bits per heavy atom. The van der Waals surface area contributed by atoms with Gasteiger partial charge in [-0.3, -0.25) is 24.1 Å². The molecule has 1 aliphatic heterocycles. The van der Waals surface area contributed by atoms with Crippen LogP contribution in [-0.2, 0) is 19.1 Å². The number of hydrogen-bond donors (Lipinski definition) is 1. The monoisotopic (exact) mass is 596 g/mol. The summed E-state index contributed by atoms with van der Waals surface area (Å²) in [5.41, 5.74) is 1.97. The predicted molar refractivity (Wildman–Crippen MR) is 140 cm³/mol. The van der Waals surface area contributed by atoms with Crippen LogP contribution in [0.5, 0.6) is 11.5 Å². The Morgan fingerprint density at radius 2 is 1.97 bits per heavy atom. The number of anilines is 1. The number of ether oxygens (including phenoxy) is 3. The highest BCUT2D eigenvalue weighted by Gasteiger charge is 2.36. The summed E-state index contributed by atoms with van der Waals surface area (Å²) in [5, 5.41) is 2.68. The molecule has 9 nitrogen and oxygen atoms in total. The highest BCUT2D eigenvalue weighted by atomic mass is 79.9. The van der Waals surface area contributed by atoms with Gasteiger partial charge in [-0.2, -0.15) is 0 Å². The third-order valence-electron chi connectivity index (χ3n) is 4.82. The number of carbonyl (C=O) groups excluding carboxylic acids is 4. The molecular formula is C24H22BrClN2O7S. The number of halogens is 2. The first-order chi connectivity index (χ1) is 17.1. The van der Waals surface area contributed by atoms with Gasteiger partial charge in [-0.05, 0) is 83.0 Å². The van der Waals surface area contributed by atoms with Gasteiger partial charge in [0, 0.05) is 10.7 Å². The number of nitrogens with one attached hydrogen (secondary N) is 1. The third-order valence-corrected chi connectivity index (χ3v) is 6.72. The Labute approximate surface area is 225 Å². The van der Waals surface area contributed by atoms with E-state index in [9.17, 15) is 19.2 Å². The summed E-state index contributed by atoms with van der Waals surface area (Å²) in [7, 11) is 1.43. The maximum absolute atomic E-state index is 12.6. The Morgan fingerprint density at radius 1 is 1.22 bits per heavy atom. The van der Waals surface area contributed by atoms with E-state index in [1.165, 1.54) is 13.2 Å². The van der Waals surface area contributed by atoms with Crippen LogP contribution < -0.4 is 14.8 Å². The highest BCUT2D eigenvalue weighted by Crippen LogP contribution is 2.39. The molecule has 0 aliphatic carbocycles. The zero-order valence-corrected chi connectivity index (χ0v) is 22.7. The number of amides is 3. The van der Waals surface area contributed by atoms with Crippen molar-refractivity contribution < 1.29 is 33.4 Å². The quantitative estimate of drug-likeness (QED) is 0.316. The van der Waals surface area contributed by atoms with Crippen molar-refractivity contribution in [1.29, 1.82) is 0 Å². The zero-order chi connectivity index (χ0) is 26.4. The summed E-state index contributed by atoms with van der Waals surface area (Å²) in [6, 6.07) is 8.42. The van der Waals surface area contributed by atoms with Gasteiger partial charge in [0.15, 0.2) is 18.1 Å². The van der Waals surface area contributed by atoms with Crippen molar-refractivity contribution in [3.05, 3.63) is 55.9 Å². The van der Waals surface area contributed by atoms with Crippen LogP contribution in [0.1, 0.15) is 18.1 Å². The number of thioether (sulfide) groups is 1. The van der Waals surface area contributed by atoms with Crippen LogP contribution >= 0.6 is 39.3 Å². The number of hydrogen-bond acceptors (Lipinski definition) is 8. The molecule has 0 spiro atoms. The van der Waals surface area contributed by atoms with Gasteiger partial charge in [-0.25, -0.2) is 0 Å². The van der Waals surface area contributed by atoms with Gasteiger partial charge >= 0.3 is 5.97 Å². The molecule has 0 radical (unpaired) electrons. The molecule has 0 aromatic heterocycles. The molecule has 190 valence electrons. The maximum atomic E-state index is 12.6. The average Bonchev–Trinajstić information content (AvgIpc) is 3.07. The molecule has 0 unspecified atom stereocenters. The Bertz CT molecular complexity index is 1250. The summed E-state index contributed by atoms with van der Waals surface area (Å²) in [6.07, 6.45) is 1.50. The minimum Gasteiger partial charge on any atom is -0.493 e. The fourth-order valence-electron chi connectivity index (χ4n) is 3.09.